The molecule has 2 aromatic rings. The lowest BCUT2D eigenvalue weighted by atomic mass is 10.1. The molecule has 1 saturated heterocycles. The van der Waals surface area contributed by atoms with Gasteiger partial charge in [0.05, 0.1) is 24.7 Å². The molecule has 1 N–H and O–H groups in total. The minimum absolute atomic E-state index is 0.00184. The predicted octanol–water partition coefficient (Wildman–Crippen LogP) is 4.96. The summed E-state index contributed by atoms with van der Waals surface area (Å²) in [5, 5.41) is 10.8. The third-order valence-corrected chi connectivity index (χ3v) is 5.15. The minimum Gasteiger partial charge on any atom is -0.506 e. The van der Waals surface area contributed by atoms with E-state index in [1.54, 1.807) is 19.4 Å². The molecule has 3 rings (SSSR count). The second kappa shape index (κ2) is 8.76. The Labute approximate surface area is 164 Å². The lowest BCUT2D eigenvalue weighted by Crippen LogP contribution is -2.27. The van der Waals surface area contributed by atoms with E-state index < -0.39 is 0 Å². The average molecular weight is 393 g/mol. The topological polar surface area (TPSA) is 45.1 Å². The number of hydrogen-bond acceptors (Lipinski definition) is 4. The van der Waals surface area contributed by atoms with E-state index in [-0.39, 0.29) is 16.8 Å². The first-order valence-corrected chi connectivity index (χ1v) is 9.40. The zero-order valence-corrected chi connectivity index (χ0v) is 16.2. The summed E-state index contributed by atoms with van der Waals surface area (Å²) in [6.45, 7) is 2.73. The van der Waals surface area contributed by atoms with Gasteiger partial charge in [0, 0.05) is 16.8 Å². The molecular weight excluding hydrogens is 371 g/mol. The number of methoxy groups -OCH3 is 1. The van der Waals surface area contributed by atoms with Crippen LogP contribution in [0.1, 0.15) is 30.0 Å². The SMILES string of the molecule is COc1ccc([C@H](CN=Cc2cc(Cl)cc(Cl)c2O)N2CCCC2)cc1. The van der Waals surface area contributed by atoms with E-state index in [0.717, 1.165) is 18.8 Å². The number of aromatic hydroxyl groups is 1. The van der Waals surface area contributed by atoms with Gasteiger partial charge in [0.1, 0.15) is 11.5 Å². The molecule has 1 aliphatic heterocycles. The maximum Gasteiger partial charge on any atom is 0.143 e. The Morgan fingerprint density at radius 3 is 2.54 bits per heavy atom. The molecule has 0 radical (unpaired) electrons. The Morgan fingerprint density at radius 2 is 1.88 bits per heavy atom. The lowest BCUT2D eigenvalue weighted by Gasteiger charge is -2.26. The number of phenolic OH excluding ortho intramolecular Hbond substituents is 1. The fraction of sp³-hybridized carbons (Fsp3) is 0.350. The molecule has 0 aromatic heterocycles. The quantitative estimate of drug-likeness (QED) is 0.706. The first kappa shape index (κ1) is 19.0. The van der Waals surface area contributed by atoms with Crippen molar-refractivity contribution in [1.82, 2.24) is 4.90 Å². The maximum absolute atomic E-state index is 10.1. The van der Waals surface area contributed by atoms with Gasteiger partial charge in [0.25, 0.3) is 0 Å². The fourth-order valence-corrected chi connectivity index (χ4v) is 3.76. The summed E-state index contributed by atoms with van der Waals surface area (Å²) in [5.41, 5.74) is 1.73. The van der Waals surface area contributed by atoms with Crippen LogP contribution in [0.5, 0.6) is 11.5 Å². The summed E-state index contributed by atoms with van der Waals surface area (Å²) < 4.78 is 5.25. The second-order valence-corrected chi connectivity index (χ2v) is 7.20. The average Bonchev–Trinajstić information content (AvgIpc) is 3.17. The molecule has 0 unspecified atom stereocenters. The number of ether oxygens (including phenoxy) is 1. The van der Waals surface area contributed by atoms with Gasteiger partial charge in [-0.1, -0.05) is 35.3 Å². The van der Waals surface area contributed by atoms with Crippen LogP contribution in [-0.2, 0) is 0 Å². The van der Waals surface area contributed by atoms with E-state index in [9.17, 15) is 5.11 Å². The standard InChI is InChI=1S/C20H22Cl2N2O2/c1-26-17-6-4-14(5-7-17)19(24-8-2-3-9-24)13-23-12-15-10-16(21)11-18(22)20(15)25/h4-7,10-12,19,25H,2-3,8-9,13H2,1H3/t19-/m0/s1. The first-order valence-electron chi connectivity index (χ1n) is 8.64. The van der Waals surface area contributed by atoms with Crippen molar-refractivity contribution in [3.63, 3.8) is 0 Å². The van der Waals surface area contributed by atoms with Gasteiger partial charge < -0.3 is 9.84 Å². The van der Waals surface area contributed by atoms with Crippen LogP contribution in [0.15, 0.2) is 41.4 Å². The molecule has 0 aliphatic carbocycles. The molecule has 26 heavy (non-hydrogen) atoms. The molecule has 0 saturated carbocycles. The van der Waals surface area contributed by atoms with E-state index >= 15 is 0 Å². The van der Waals surface area contributed by atoms with Gasteiger partial charge in [0.2, 0.25) is 0 Å². The highest BCUT2D eigenvalue weighted by molar-refractivity contribution is 6.36. The van der Waals surface area contributed by atoms with Crippen molar-refractivity contribution in [2.75, 3.05) is 26.7 Å². The number of hydrogen-bond donors (Lipinski definition) is 1. The molecule has 6 heteroatoms. The summed E-state index contributed by atoms with van der Waals surface area (Å²) in [6.07, 6.45) is 4.06. The maximum atomic E-state index is 10.1. The second-order valence-electron chi connectivity index (χ2n) is 6.35. The van der Waals surface area contributed by atoms with Crippen molar-refractivity contribution in [1.29, 1.82) is 0 Å². The van der Waals surface area contributed by atoms with Crippen molar-refractivity contribution >= 4 is 29.4 Å². The van der Waals surface area contributed by atoms with Crippen LogP contribution in [0.3, 0.4) is 0 Å². The van der Waals surface area contributed by atoms with Gasteiger partial charge in [-0.05, 0) is 55.8 Å². The number of benzene rings is 2. The number of halogens is 2. The van der Waals surface area contributed by atoms with Crippen LogP contribution < -0.4 is 4.74 Å². The number of phenols is 1. The minimum atomic E-state index is 0.00184. The molecule has 0 amide bonds. The van der Waals surface area contributed by atoms with E-state index in [1.165, 1.54) is 24.5 Å². The van der Waals surface area contributed by atoms with Gasteiger partial charge in [-0.2, -0.15) is 0 Å². The predicted molar refractivity (Wildman–Crippen MR) is 107 cm³/mol. The normalized spacial score (nSPS) is 16.3. The smallest absolute Gasteiger partial charge is 0.143 e. The monoisotopic (exact) mass is 392 g/mol. The molecule has 0 bridgehead atoms. The van der Waals surface area contributed by atoms with Crippen molar-refractivity contribution in [3.05, 3.63) is 57.6 Å². The van der Waals surface area contributed by atoms with Crippen molar-refractivity contribution in [3.8, 4) is 11.5 Å². The molecule has 0 spiro atoms. The van der Waals surface area contributed by atoms with Crippen LogP contribution in [0.25, 0.3) is 0 Å². The Morgan fingerprint density at radius 1 is 1.19 bits per heavy atom. The van der Waals surface area contributed by atoms with E-state index in [2.05, 4.69) is 22.0 Å². The molecule has 1 heterocycles. The Kier molecular flexibility index (Phi) is 6.41. The van der Waals surface area contributed by atoms with Crippen LogP contribution in [-0.4, -0.2) is 43.0 Å². The number of rotatable bonds is 6. The molecule has 4 nitrogen and oxygen atoms in total. The molecule has 1 fully saturated rings. The highest BCUT2D eigenvalue weighted by atomic mass is 35.5. The zero-order chi connectivity index (χ0) is 18.5. The first-order chi connectivity index (χ1) is 12.6. The lowest BCUT2D eigenvalue weighted by molar-refractivity contribution is 0.252. The summed E-state index contributed by atoms with van der Waals surface area (Å²) in [7, 11) is 1.67. The summed E-state index contributed by atoms with van der Waals surface area (Å²) >= 11 is 12.0. The van der Waals surface area contributed by atoms with Crippen LogP contribution in [0, 0.1) is 0 Å². The third kappa shape index (κ3) is 4.50. The van der Waals surface area contributed by atoms with Gasteiger partial charge in [-0.3, -0.25) is 9.89 Å². The van der Waals surface area contributed by atoms with Gasteiger partial charge in [-0.25, -0.2) is 0 Å². The van der Waals surface area contributed by atoms with Crippen LogP contribution >= 0.6 is 23.2 Å². The van der Waals surface area contributed by atoms with Gasteiger partial charge in [0.15, 0.2) is 0 Å². The molecule has 2 aromatic carbocycles. The van der Waals surface area contributed by atoms with Crippen molar-refractivity contribution < 1.29 is 9.84 Å². The summed E-state index contributed by atoms with van der Waals surface area (Å²) in [5.74, 6) is 0.845. The Hall–Kier alpha value is -1.75. The zero-order valence-electron chi connectivity index (χ0n) is 14.7. The van der Waals surface area contributed by atoms with Crippen molar-refractivity contribution in [2.24, 2.45) is 4.99 Å². The largest absolute Gasteiger partial charge is 0.506 e. The Bertz CT molecular complexity index is 772. The van der Waals surface area contributed by atoms with E-state index in [0.29, 0.717) is 17.1 Å². The molecular formula is C20H22Cl2N2O2. The molecule has 138 valence electrons. The van der Waals surface area contributed by atoms with Crippen LogP contribution in [0.2, 0.25) is 10.0 Å². The van der Waals surface area contributed by atoms with Crippen molar-refractivity contribution in [2.45, 2.75) is 18.9 Å². The third-order valence-electron chi connectivity index (χ3n) is 4.65. The number of nitrogens with zero attached hydrogens (tertiary/aromatic N) is 2. The van der Waals surface area contributed by atoms with Gasteiger partial charge >= 0.3 is 0 Å². The fourth-order valence-electron chi connectivity index (χ4n) is 3.25. The van der Waals surface area contributed by atoms with E-state index in [1.807, 2.05) is 12.1 Å². The van der Waals surface area contributed by atoms with Crippen LogP contribution in [0.4, 0.5) is 0 Å². The number of likely N-dealkylation sites (tertiary alicyclic amines) is 1. The van der Waals surface area contributed by atoms with Gasteiger partial charge in [-0.15, -0.1) is 0 Å². The molecule has 1 atom stereocenters. The highest BCUT2D eigenvalue weighted by Crippen LogP contribution is 2.31. The summed E-state index contributed by atoms with van der Waals surface area (Å²) in [6, 6.07) is 11.5. The van der Waals surface area contributed by atoms with E-state index in [4.69, 9.17) is 27.9 Å². The highest BCUT2D eigenvalue weighted by Gasteiger charge is 2.23. The Balaban J connectivity index is 1.79. The molecule has 1 aliphatic rings. The number of aliphatic imine (C=N–C) groups is 1. The summed E-state index contributed by atoms with van der Waals surface area (Å²) in [4.78, 5) is 7.02.